The van der Waals surface area contributed by atoms with E-state index in [-0.39, 0.29) is 18.1 Å². The van der Waals surface area contributed by atoms with Crippen LogP contribution in [0.2, 0.25) is 5.02 Å². The Morgan fingerprint density at radius 1 is 1.17 bits per heavy atom. The van der Waals surface area contributed by atoms with E-state index in [0.29, 0.717) is 10.9 Å². The molecule has 1 saturated heterocycles. The number of hydrogen-bond acceptors (Lipinski definition) is 4. The molecule has 3 N–H and O–H groups in total. The average molecular weight is 364 g/mol. The number of amidine groups is 1. The lowest BCUT2D eigenvalue weighted by Gasteiger charge is -2.32. The average Bonchev–Trinajstić information content (AvgIpc) is 2.97. The lowest BCUT2D eigenvalue weighted by Crippen LogP contribution is -2.43. The van der Waals surface area contributed by atoms with E-state index >= 15 is 0 Å². The smallest absolute Gasteiger partial charge is 0.315 e. The molecule has 4 rings (SSSR count). The van der Waals surface area contributed by atoms with Gasteiger partial charge in [0.2, 0.25) is 0 Å². The second-order valence-corrected chi connectivity index (χ2v) is 7.64. The van der Waals surface area contributed by atoms with Crippen molar-refractivity contribution in [2.75, 3.05) is 5.75 Å². The van der Waals surface area contributed by atoms with Gasteiger partial charge in [-0.05, 0) is 43.5 Å². The van der Waals surface area contributed by atoms with Gasteiger partial charge in [-0.3, -0.25) is 5.43 Å². The van der Waals surface area contributed by atoms with E-state index < -0.39 is 0 Å². The maximum absolute atomic E-state index is 11.4. The molecular formula is C16H18ClN5OS. The van der Waals surface area contributed by atoms with Crippen molar-refractivity contribution < 1.29 is 4.79 Å². The van der Waals surface area contributed by atoms with Crippen molar-refractivity contribution in [1.82, 2.24) is 16.1 Å². The third-order valence-electron chi connectivity index (χ3n) is 4.66. The van der Waals surface area contributed by atoms with Crippen LogP contribution < -0.4 is 16.1 Å². The van der Waals surface area contributed by atoms with Gasteiger partial charge in [0.15, 0.2) is 5.17 Å². The minimum absolute atomic E-state index is 0.0406. The van der Waals surface area contributed by atoms with Crippen LogP contribution in [0.25, 0.3) is 0 Å². The Morgan fingerprint density at radius 3 is 2.71 bits per heavy atom. The van der Waals surface area contributed by atoms with Gasteiger partial charge < -0.3 is 10.6 Å². The van der Waals surface area contributed by atoms with Crippen molar-refractivity contribution in [3.63, 3.8) is 0 Å². The first-order chi connectivity index (χ1) is 11.7. The van der Waals surface area contributed by atoms with E-state index in [9.17, 15) is 4.79 Å². The molecule has 2 amide bonds. The maximum Gasteiger partial charge on any atom is 0.315 e. The van der Waals surface area contributed by atoms with Crippen LogP contribution >= 0.6 is 23.4 Å². The summed E-state index contributed by atoms with van der Waals surface area (Å²) < 4.78 is 0. The van der Waals surface area contributed by atoms with Crippen LogP contribution in [0.4, 0.5) is 10.5 Å². The highest BCUT2D eigenvalue weighted by atomic mass is 35.5. The van der Waals surface area contributed by atoms with Gasteiger partial charge >= 0.3 is 6.03 Å². The summed E-state index contributed by atoms with van der Waals surface area (Å²) in [4.78, 5) is 16.0. The van der Waals surface area contributed by atoms with Gasteiger partial charge in [0.05, 0.1) is 23.5 Å². The first kappa shape index (κ1) is 15.8. The van der Waals surface area contributed by atoms with E-state index in [1.165, 1.54) is 0 Å². The Balaban J connectivity index is 1.39. The van der Waals surface area contributed by atoms with E-state index in [2.05, 4.69) is 26.2 Å². The SMILES string of the molecule is O=C1NC2CCC(C3=NNC(=Nc4ccc(Cl)cc4)SC3)CC2N1. The number of hydrazone groups is 1. The number of hydrogen-bond donors (Lipinski definition) is 3. The molecule has 126 valence electrons. The molecule has 3 unspecified atom stereocenters. The molecule has 0 radical (unpaired) electrons. The van der Waals surface area contributed by atoms with Crippen LogP contribution in [0.3, 0.4) is 0 Å². The number of halogens is 1. The number of aliphatic imine (C=N–C) groups is 1. The van der Waals surface area contributed by atoms with Crippen molar-refractivity contribution in [2.45, 2.75) is 31.3 Å². The third kappa shape index (κ3) is 3.37. The lowest BCUT2D eigenvalue weighted by atomic mass is 9.81. The number of rotatable bonds is 2. The number of urea groups is 1. The number of amides is 2. The highest BCUT2D eigenvalue weighted by molar-refractivity contribution is 8.14. The molecule has 3 atom stereocenters. The first-order valence-electron chi connectivity index (χ1n) is 8.04. The van der Waals surface area contributed by atoms with Crippen molar-refractivity contribution >= 4 is 46.0 Å². The third-order valence-corrected chi connectivity index (χ3v) is 5.81. The van der Waals surface area contributed by atoms with Gasteiger partial charge in [0.1, 0.15) is 0 Å². The molecule has 0 aromatic heterocycles. The van der Waals surface area contributed by atoms with Crippen LogP contribution in [-0.4, -0.2) is 34.7 Å². The molecule has 0 bridgehead atoms. The summed E-state index contributed by atoms with van der Waals surface area (Å²) in [5.74, 6) is 1.26. The normalized spacial score (nSPS) is 30.9. The minimum Gasteiger partial charge on any atom is -0.333 e. The number of carbonyl (C=O) groups is 1. The summed E-state index contributed by atoms with van der Waals surface area (Å²) in [6.07, 6.45) is 3.02. The summed E-state index contributed by atoms with van der Waals surface area (Å²) in [6.45, 7) is 0. The summed E-state index contributed by atoms with van der Waals surface area (Å²) in [6, 6.07) is 7.88. The van der Waals surface area contributed by atoms with Gasteiger partial charge in [0, 0.05) is 16.7 Å². The van der Waals surface area contributed by atoms with Crippen molar-refractivity contribution in [3.8, 4) is 0 Å². The van der Waals surface area contributed by atoms with Crippen LogP contribution in [0.5, 0.6) is 0 Å². The van der Waals surface area contributed by atoms with Gasteiger partial charge in [-0.15, -0.1) is 0 Å². The molecule has 1 saturated carbocycles. The highest BCUT2D eigenvalue weighted by Crippen LogP contribution is 2.30. The highest BCUT2D eigenvalue weighted by Gasteiger charge is 2.38. The maximum atomic E-state index is 11.4. The zero-order valence-electron chi connectivity index (χ0n) is 13.0. The fourth-order valence-electron chi connectivity index (χ4n) is 3.41. The zero-order chi connectivity index (χ0) is 16.5. The number of fused-ring (bicyclic) bond motifs is 1. The van der Waals surface area contributed by atoms with Gasteiger partial charge in [-0.1, -0.05) is 23.4 Å². The molecule has 1 aromatic carbocycles. The summed E-state index contributed by atoms with van der Waals surface area (Å²) in [7, 11) is 0. The molecule has 6 nitrogen and oxygen atoms in total. The molecular weight excluding hydrogens is 346 g/mol. The lowest BCUT2D eigenvalue weighted by molar-refractivity contribution is 0.247. The van der Waals surface area contributed by atoms with Crippen molar-refractivity contribution in [3.05, 3.63) is 29.3 Å². The zero-order valence-corrected chi connectivity index (χ0v) is 14.5. The quantitative estimate of drug-likeness (QED) is 0.756. The fourth-order valence-corrected chi connectivity index (χ4v) is 4.40. The molecule has 1 aromatic rings. The molecule has 2 fully saturated rings. The summed E-state index contributed by atoms with van der Waals surface area (Å²) in [5.41, 5.74) is 5.08. The van der Waals surface area contributed by atoms with Crippen LogP contribution in [0.1, 0.15) is 19.3 Å². The molecule has 3 aliphatic rings. The monoisotopic (exact) mass is 363 g/mol. The van der Waals surface area contributed by atoms with Crippen molar-refractivity contribution in [2.24, 2.45) is 16.0 Å². The number of carbonyl (C=O) groups excluding carboxylic acids is 1. The second kappa shape index (κ2) is 6.64. The van der Waals surface area contributed by atoms with Gasteiger partial charge in [-0.25, -0.2) is 9.79 Å². The molecule has 1 aliphatic carbocycles. The summed E-state index contributed by atoms with van der Waals surface area (Å²) in [5, 5.41) is 12.0. The Bertz CT molecular complexity index is 705. The molecule has 0 spiro atoms. The van der Waals surface area contributed by atoms with Crippen LogP contribution in [0.15, 0.2) is 34.4 Å². The Kier molecular flexibility index (Phi) is 4.37. The fraction of sp³-hybridized carbons (Fsp3) is 0.438. The van der Waals surface area contributed by atoms with Gasteiger partial charge in [0.25, 0.3) is 0 Å². The van der Waals surface area contributed by atoms with Crippen LogP contribution in [-0.2, 0) is 0 Å². The number of nitrogens with zero attached hydrogens (tertiary/aromatic N) is 2. The predicted octanol–water partition coefficient (Wildman–Crippen LogP) is 2.87. The van der Waals surface area contributed by atoms with E-state index in [0.717, 1.165) is 41.6 Å². The number of benzene rings is 1. The summed E-state index contributed by atoms with van der Waals surface area (Å²) >= 11 is 7.55. The molecule has 2 heterocycles. The van der Waals surface area contributed by atoms with E-state index in [1.807, 2.05) is 24.3 Å². The first-order valence-corrected chi connectivity index (χ1v) is 9.40. The molecule has 2 aliphatic heterocycles. The van der Waals surface area contributed by atoms with Gasteiger partial charge in [-0.2, -0.15) is 5.10 Å². The largest absolute Gasteiger partial charge is 0.333 e. The number of nitrogens with one attached hydrogen (secondary N) is 3. The number of thioether (sulfide) groups is 1. The Morgan fingerprint density at radius 2 is 1.96 bits per heavy atom. The van der Waals surface area contributed by atoms with E-state index in [1.54, 1.807) is 11.8 Å². The Labute approximate surface area is 149 Å². The molecule has 8 heteroatoms. The predicted molar refractivity (Wildman–Crippen MR) is 98.2 cm³/mol. The minimum atomic E-state index is -0.0406. The standard InChI is InChI=1S/C16H18ClN5OS/c17-10-2-4-11(5-3-10)18-16-22-21-14(8-24-16)9-1-6-12-13(7-9)20-15(23)19-12/h2-5,9,12-13H,1,6-8H2,(H,18,22)(H2,19,20,23). The van der Waals surface area contributed by atoms with E-state index in [4.69, 9.17) is 11.6 Å². The molecule has 24 heavy (non-hydrogen) atoms. The van der Waals surface area contributed by atoms with Crippen LogP contribution in [0, 0.1) is 5.92 Å². The Hall–Kier alpha value is -1.73. The van der Waals surface area contributed by atoms with Crippen molar-refractivity contribution in [1.29, 1.82) is 0 Å². The topological polar surface area (TPSA) is 77.9 Å². The second-order valence-electron chi connectivity index (χ2n) is 6.24.